The van der Waals surface area contributed by atoms with E-state index in [2.05, 4.69) is 15.2 Å². The van der Waals surface area contributed by atoms with Crippen LogP contribution in [0.4, 0.5) is 0 Å². The number of thioether (sulfide) groups is 1. The van der Waals surface area contributed by atoms with Crippen molar-refractivity contribution in [1.82, 2.24) is 20.1 Å². The minimum absolute atomic E-state index is 0.00968. The van der Waals surface area contributed by atoms with Gasteiger partial charge in [-0.15, -0.1) is 16.4 Å². The molecule has 0 unspecified atom stereocenters. The fourth-order valence-corrected chi connectivity index (χ4v) is 3.76. The molecular formula is C18H17ClN4OS2. The standard InChI is InChI=1S/C18H17ClN4OS2/c1-23(11-13-4-2-5-14(19)10-13)17(24)12-26-18-20-16(21-22-18)8-7-15-6-3-9-25-15/h2-10H,11-12H2,1H3,(H,20,21,22)/b8-7+. The third-order valence-corrected chi connectivity index (χ3v) is 5.39. The maximum Gasteiger partial charge on any atom is 0.233 e. The van der Waals surface area contributed by atoms with E-state index in [1.54, 1.807) is 23.3 Å². The second-order valence-electron chi connectivity index (χ2n) is 5.52. The Morgan fingerprint density at radius 1 is 1.35 bits per heavy atom. The number of rotatable bonds is 7. The molecule has 1 aromatic carbocycles. The molecule has 0 aliphatic rings. The summed E-state index contributed by atoms with van der Waals surface area (Å²) in [5, 5.41) is 10.2. The second-order valence-corrected chi connectivity index (χ2v) is 7.88. The maximum atomic E-state index is 12.3. The number of aromatic nitrogens is 3. The third kappa shape index (κ3) is 5.45. The van der Waals surface area contributed by atoms with Crippen LogP contribution in [0.2, 0.25) is 5.02 Å². The Bertz CT molecular complexity index is 892. The minimum Gasteiger partial charge on any atom is -0.341 e. The molecule has 134 valence electrons. The van der Waals surface area contributed by atoms with E-state index in [4.69, 9.17) is 11.6 Å². The fraction of sp³-hybridized carbons (Fsp3) is 0.167. The van der Waals surface area contributed by atoms with Gasteiger partial charge in [0.15, 0.2) is 0 Å². The fourth-order valence-electron chi connectivity index (χ4n) is 2.18. The highest BCUT2D eigenvalue weighted by Crippen LogP contribution is 2.17. The molecule has 1 amide bonds. The average molecular weight is 405 g/mol. The lowest BCUT2D eigenvalue weighted by Crippen LogP contribution is -2.27. The van der Waals surface area contributed by atoms with Crippen molar-refractivity contribution in [2.75, 3.05) is 12.8 Å². The first kappa shape index (κ1) is 18.7. The number of amides is 1. The molecule has 0 bridgehead atoms. The summed E-state index contributed by atoms with van der Waals surface area (Å²) in [6.07, 6.45) is 3.85. The van der Waals surface area contributed by atoms with Crippen LogP contribution in [-0.4, -0.2) is 38.8 Å². The van der Waals surface area contributed by atoms with Gasteiger partial charge in [-0.2, -0.15) is 0 Å². The van der Waals surface area contributed by atoms with Gasteiger partial charge in [0, 0.05) is 23.5 Å². The smallest absolute Gasteiger partial charge is 0.233 e. The molecule has 0 saturated carbocycles. The number of nitrogens with one attached hydrogen (secondary N) is 1. The highest BCUT2D eigenvalue weighted by Gasteiger charge is 2.12. The van der Waals surface area contributed by atoms with Crippen molar-refractivity contribution >= 4 is 52.8 Å². The summed E-state index contributed by atoms with van der Waals surface area (Å²) in [6.45, 7) is 0.517. The molecule has 1 N–H and O–H groups in total. The van der Waals surface area contributed by atoms with Gasteiger partial charge in [0.2, 0.25) is 11.1 Å². The lowest BCUT2D eigenvalue weighted by atomic mass is 10.2. The normalized spacial score (nSPS) is 11.2. The summed E-state index contributed by atoms with van der Waals surface area (Å²) in [6, 6.07) is 11.5. The van der Waals surface area contributed by atoms with Gasteiger partial charge in [0.05, 0.1) is 5.75 Å². The van der Waals surface area contributed by atoms with Crippen LogP contribution in [0.25, 0.3) is 12.2 Å². The second kappa shape index (κ2) is 9.02. The van der Waals surface area contributed by atoms with Gasteiger partial charge < -0.3 is 4.90 Å². The molecule has 0 fully saturated rings. The van der Waals surface area contributed by atoms with E-state index in [1.165, 1.54) is 11.8 Å². The zero-order chi connectivity index (χ0) is 18.4. The van der Waals surface area contributed by atoms with E-state index in [-0.39, 0.29) is 11.7 Å². The number of carbonyl (C=O) groups excluding carboxylic acids is 1. The number of hydrogen-bond donors (Lipinski definition) is 1. The van der Waals surface area contributed by atoms with Crippen molar-refractivity contribution < 1.29 is 4.79 Å². The Hall–Kier alpha value is -2.09. The van der Waals surface area contributed by atoms with Crippen molar-refractivity contribution in [1.29, 1.82) is 0 Å². The SMILES string of the molecule is CN(Cc1cccc(Cl)c1)C(=O)CSc1n[nH]c(/C=C/c2cccs2)n1. The molecule has 0 atom stereocenters. The van der Waals surface area contributed by atoms with E-state index in [9.17, 15) is 4.79 Å². The van der Waals surface area contributed by atoms with Crippen LogP contribution in [0.3, 0.4) is 0 Å². The van der Waals surface area contributed by atoms with Crippen LogP contribution in [-0.2, 0) is 11.3 Å². The molecule has 2 aromatic heterocycles. The average Bonchev–Trinajstić information content (AvgIpc) is 3.29. The predicted octanol–water partition coefficient (Wildman–Crippen LogP) is 4.44. The van der Waals surface area contributed by atoms with Gasteiger partial charge in [0.1, 0.15) is 5.82 Å². The molecule has 2 heterocycles. The van der Waals surface area contributed by atoms with Crippen LogP contribution in [0.15, 0.2) is 46.9 Å². The zero-order valence-corrected chi connectivity index (χ0v) is 16.4. The zero-order valence-electron chi connectivity index (χ0n) is 14.1. The van der Waals surface area contributed by atoms with Gasteiger partial charge in [-0.3, -0.25) is 9.89 Å². The molecule has 5 nitrogen and oxygen atoms in total. The van der Waals surface area contributed by atoms with Gasteiger partial charge in [-0.05, 0) is 41.3 Å². The number of hydrogen-bond acceptors (Lipinski definition) is 5. The maximum absolute atomic E-state index is 12.3. The van der Waals surface area contributed by atoms with Crippen molar-refractivity contribution in [2.24, 2.45) is 0 Å². The van der Waals surface area contributed by atoms with Gasteiger partial charge in [-0.1, -0.05) is 41.6 Å². The van der Waals surface area contributed by atoms with Crippen LogP contribution in [0.5, 0.6) is 0 Å². The monoisotopic (exact) mass is 404 g/mol. The summed E-state index contributed by atoms with van der Waals surface area (Å²) in [5.41, 5.74) is 0.997. The highest BCUT2D eigenvalue weighted by molar-refractivity contribution is 7.99. The van der Waals surface area contributed by atoms with E-state index in [1.807, 2.05) is 53.9 Å². The Labute approximate surface area is 165 Å². The van der Waals surface area contributed by atoms with Crippen LogP contribution in [0, 0.1) is 0 Å². The number of nitrogens with zero attached hydrogens (tertiary/aromatic N) is 3. The van der Waals surface area contributed by atoms with Gasteiger partial charge >= 0.3 is 0 Å². The molecule has 3 rings (SSSR count). The van der Waals surface area contributed by atoms with Crippen LogP contribution >= 0.6 is 34.7 Å². The summed E-state index contributed by atoms with van der Waals surface area (Å²) < 4.78 is 0. The Kier molecular flexibility index (Phi) is 6.49. The molecule has 0 radical (unpaired) electrons. The number of benzene rings is 1. The minimum atomic E-state index is 0.00968. The lowest BCUT2D eigenvalue weighted by Gasteiger charge is -2.16. The van der Waals surface area contributed by atoms with E-state index < -0.39 is 0 Å². The molecule has 3 aromatic rings. The molecule has 0 aliphatic heterocycles. The van der Waals surface area contributed by atoms with Crippen LogP contribution < -0.4 is 0 Å². The number of carbonyl (C=O) groups is 1. The number of thiophene rings is 1. The summed E-state index contributed by atoms with van der Waals surface area (Å²) >= 11 is 8.95. The van der Waals surface area contributed by atoms with Gasteiger partial charge in [0.25, 0.3) is 0 Å². The molecule has 26 heavy (non-hydrogen) atoms. The Morgan fingerprint density at radius 2 is 2.23 bits per heavy atom. The van der Waals surface area contributed by atoms with Crippen molar-refractivity contribution in [3.8, 4) is 0 Å². The quantitative estimate of drug-likeness (QED) is 0.591. The number of aromatic amines is 1. The van der Waals surface area contributed by atoms with Crippen molar-refractivity contribution in [2.45, 2.75) is 11.7 Å². The van der Waals surface area contributed by atoms with Crippen molar-refractivity contribution in [3.63, 3.8) is 0 Å². The first-order valence-electron chi connectivity index (χ1n) is 7.85. The highest BCUT2D eigenvalue weighted by atomic mass is 35.5. The molecule has 0 saturated heterocycles. The van der Waals surface area contributed by atoms with Gasteiger partial charge in [-0.25, -0.2) is 4.98 Å². The molecule has 8 heteroatoms. The number of halogens is 1. The number of H-pyrrole nitrogens is 1. The van der Waals surface area contributed by atoms with Crippen LogP contribution in [0.1, 0.15) is 16.3 Å². The van der Waals surface area contributed by atoms with E-state index >= 15 is 0 Å². The topological polar surface area (TPSA) is 61.9 Å². The third-order valence-electron chi connectivity index (χ3n) is 3.49. The largest absolute Gasteiger partial charge is 0.341 e. The Morgan fingerprint density at radius 3 is 3.00 bits per heavy atom. The first-order chi connectivity index (χ1) is 12.6. The van der Waals surface area contributed by atoms with Crippen molar-refractivity contribution in [3.05, 3.63) is 63.1 Å². The summed E-state index contributed by atoms with van der Waals surface area (Å²) in [7, 11) is 1.77. The van der Waals surface area contributed by atoms with E-state index in [0.717, 1.165) is 10.4 Å². The predicted molar refractivity (Wildman–Crippen MR) is 108 cm³/mol. The lowest BCUT2D eigenvalue weighted by molar-refractivity contribution is -0.127. The Balaban J connectivity index is 1.49. The first-order valence-corrected chi connectivity index (χ1v) is 10.1. The molecule has 0 spiro atoms. The summed E-state index contributed by atoms with van der Waals surface area (Å²) in [5.74, 6) is 0.958. The van der Waals surface area contributed by atoms with E-state index in [0.29, 0.717) is 22.5 Å². The molecule has 0 aliphatic carbocycles. The molecular weight excluding hydrogens is 388 g/mol. The summed E-state index contributed by atoms with van der Waals surface area (Å²) in [4.78, 5) is 19.5.